The second kappa shape index (κ2) is 9.88. The lowest BCUT2D eigenvalue weighted by Crippen LogP contribution is -2.53. The van der Waals surface area contributed by atoms with Crippen LogP contribution < -0.4 is 15.8 Å². The fraction of sp³-hybridized carbons (Fsp3) is 0.538. The molecule has 0 bridgehead atoms. The minimum absolute atomic E-state index is 0.218. The second-order valence-corrected chi connectivity index (χ2v) is 9.53. The molecule has 1 aliphatic carbocycles. The van der Waals surface area contributed by atoms with E-state index in [1.807, 2.05) is 31.7 Å². The minimum atomic E-state index is -0.772. The summed E-state index contributed by atoms with van der Waals surface area (Å²) in [6.07, 6.45) is 2.31. The van der Waals surface area contributed by atoms with E-state index in [1.54, 1.807) is 23.7 Å². The summed E-state index contributed by atoms with van der Waals surface area (Å²) in [5, 5.41) is 13.4. The topological polar surface area (TPSA) is 83.8 Å². The summed E-state index contributed by atoms with van der Waals surface area (Å²) in [6, 6.07) is 6.68. The van der Waals surface area contributed by atoms with E-state index in [-0.39, 0.29) is 29.4 Å². The van der Waals surface area contributed by atoms with Crippen molar-refractivity contribution in [1.29, 1.82) is 0 Å². The van der Waals surface area contributed by atoms with Crippen LogP contribution in [0.1, 0.15) is 63.8 Å². The van der Waals surface area contributed by atoms with Gasteiger partial charge in [0.05, 0.1) is 29.5 Å². The molecule has 1 saturated carbocycles. The number of carbonyl (C=O) groups excluding carboxylic acids is 1. The zero-order valence-electron chi connectivity index (χ0n) is 20.3. The number of nitrogens with zero attached hydrogens (tertiary/aromatic N) is 2. The number of halogens is 1. The van der Waals surface area contributed by atoms with Crippen molar-refractivity contribution >= 4 is 11.6 Å². The molecule has 4 atom stereocenters. The molecule has 1 aliphatic heterocycles. The van der Waals surface area contributed by atoms with Gasteiger partial charge >= 0.3 is 0 Å². The van der Waals surface area contributed by atoms with Gasteiger partial charge in [-0.15, -0.1) is 0 Å². The number of nitrogens with one attached hydrogen (secondary N) is 1. The molecule has 2 heterocycles. The number of rotatable bonds is 6. The maximum atomic E-state index is 13.9. The average molecular weight is 472 g/mol. The maximum Gasteiger partial charge on any atom is 0.263 e. The van der Waals surface area contributed by atoms with Gasteiger partial charge in [-0.2, -0.15) is 0 Å². The lowest BCUT2D eigenvalue weighted by Gasteiger charge is -2.32. The molecule has 7 nitrogen and oxygen atoms in total. The molecular weight excluding hydrogens is 437 g/mol. The summed E-state index contributed by atoms with van der Waals surface area (Å²) in [7, 11) is 1.80. The van der Waals surface area contributed by atoms with E-state index in [0.717, 1.165) is 25.0 Å². The van der Waals surface area contributed by atoms with Crippen LogP contribution in [0, 0.1) is 5.82 Å². The first kappa shape index (κ1) is 24.4. The van der Waals surface area contributed by atoms with Gasteiger partial charge in [-0.05, 0) is 63.4 Å². The summed E-state index contributed by atoms with van der Waals surface area (Å²) >= 11 is 0. The van der Waals surface area contributed by atoms with Gasteiger partial charge in [-0.3, -0.25) is 14.2 Å². The van der Waals surface area contributed by atoms with Crippen LogP contribution in [-0.4, -0.2) is 46.9 Å². The number of hydrogen-bond donors (Lipinski definition) is 2. The maximum absolute atomic E-state index is 13.9. The highest BCUT2D eigenvalue weighted by atomic mass is 19.1. The Kier molecular flexibility index (Phi) is 7.09. The Balaban J connectivity index is 1.78. The van der Waals surface area contributed by atoms with Crippen molar-refractivity contribution in [3.8, 4) is 5.69 Å². The number of aromatic nitrogens is 1. The molecule has 1 fully saturated rings. The number of carbonyl (C=O) groups is 1. The van der Waals surface area contributed by atoms with Gasteiger partial charge in [0.2, 0.25) is 5.91 Å². The van der Waals surface area contributed by atoms with Crippen LogP contribution in [0.15, 0.2) is 35.1 Å². The van der Waals surface area contributed by atoms with Crippen LogP contribution in [-0.2, 0) is 16.0 Å². The molecule has 0 saturated heterocycles. The van der Waals surface area contributed by atoms with Crippen molar-refractivity contribution in [1.82, 2.24) is 9.88 Å². The highest BCUT2D eigenvalue weighted by Crippen LogP contribution is 2.40. The average Bonchev–Trinajstić information content (AvgIpc) is 3.07. The highest BCUT2D eigenvalue weighted by Gasteiger charge is 2.46. The summed E-state index contributed by atoms with van der Waals surface area (Å²) in [6.45, 7) is 5.69. The fourth-order valence-corrected chi connectivity index (χ4v) is 5.16. The lowest BCUT2D eigenvalue weighted by atomic mass is 9.92. The summed E-state index contributed by atoms with van der Waals surface area (Å²) in [4.78, 5) is 29.2. The Morgan fingerprint density at radius 3 is 2.53 bits per heavy atom. The van der Waals surface area contributed by atoms with Crippen molar-refractivity contribution in [3.63, 3.8) is 0 Å². The number of pyridine rings is 1. The minimum Gasteiger partial charge on any atom is -0.391 e. The predicted octanol–water partition coefficient (Wildman–Crippen LogP) is 3.24. The predicted molar refractivity (Wildman–Crippen MR) is 129 cm³/mol. The van der Waals surface area contributed by atoms with Crippen LogP contribution in [0.2, 0.25) is 0 Å². The standard InChI is InChI=1S/C26H34FN3O4/c1-5-17-14-20-22(26(33)30(17)18-12-10-16(27)11-13-18)24(34-15(2)3)23(29(20)4)25(32)28-19-8-6-7-9-21(19)31/h10-15,19,21,23-24,31H,5-9H2,1-4H3,(H,28,32)/t19-,21?,23?,24?/m0/s1. The number of benzene rings is 1. The van der Waals surface area contributed by atoms with Crippen molar-refractivity contribution in [3.05, 3.63) is 57.8 Å². The number of hydrogen-bond acceptors (Lipinski definition) is 5. The Morgan fingerprint density at radius 2 is 1.91 bits per heavy atom. The summed E-state index contributed by atoms with van der Waals surface area (Å²) < 4.78 is 21.3. The van der Waals surface area contributed by atoms with Crippen LogP contribution in [0.4, 0.5) is 10.1 Å². The van der Waals surface area contributed by atoms with Crippen LogP contribution >= 0.6 is 0 Å². The first-order chi connectivity index (χ1) is 16.2. The largest absolute Gasteiger partial charge is 0.391 e. The molecule has 2 aliphatic rings. The molecule has 2 aromatic rings. The Hall–Kier alpha value is -2.71. The van der Waals surface area contributed by atoms with Crippen molar-refractivity contribution in [2.45, 2.75) is 83.3 Å². The fourth-order valence-electron chi connectivity index (χ4n) is 5.16. The normalized spacial score (nSPS) is 24.4. The first-order valence-corrected chi connectivity index (χ1v) is 12.1. The molecule has 1 aromatic heterocycles. The number of anilines is 1. The van der Waals surface area contributed by atoms with Crippen molar-refractivity contribution < 1.29 is 19.0 Å². The summed E-state index contributed by atoms with van der Waals surface area (Å²) in [5.41, 5.74) is 2.13. The van der Waals surface area contributed by atoms with Gasteiger partial charge < -0.3 is 20.1 Å². The van der Waals surface area contributed by atoms with Gasteiger partial charge in [-0.25, -0.2) is 4.39 Å². The number of aryl methyl sites for hydroxylation is 1. The molecule has 3 unspecified atom stereocenters. The van der Waals surface area contributed by atoms with E-state index in [4.69, 9.17) is 4.74 Å². The quantitative estimate of drug-likeness (QED) is 0.676. The Bertz CT molecular complexity index is 1100. The van der Waals surface area contributed by atoms with Gasteiger partial charge in [0.25, 0.3) is 5.56 Å². The molecule has 184 valence electrons. The molecule has 4 rings (SSSR count). The van der Waals surface area contributed by atoms with Crippen LogP contribution in [0.3, 0.4) is 0 Å². The molecule has 8 heteroatoms. The third-order valence-electron chi connectivity index (χ3n) is 6.86. The molecular formula is C26H34FN3O4. The number of amides is 1. The smallest absolute Gasteiger partial charge is 0.263 e. The lowest BCUT2D eigenvalue weighted by molar-refractivity contribution is -0.128. The zero-order valence-corrected chi connectivity index (χ0v) is 20.3. The highest BCUT2D eigenvalue weighted by molar-refractivity contribution is 5.89. The molecule has 2 N–H and O–H groups in total. The SMILES string of the molecule is CCc1cc2c(c(=O)n1-c1ccc(F)cc1)C(OC(C)C)C(C(=O)N[C@H]1CCCCC1O)N2C. The van der Waals surface area contributed by atoms with Gasteiger partial charge in [0, 0.05) is 18.4 Å². The summed E-state index contributed by atoms with van der Waals surface area (Å²) in [5.74, 6) is -0.639. The van der Waals surface area contributed by atoms with Crippen molar-refractivity contribution in [2.75, 3.05) is 11.9 Å². The third-order valence-corrected chi connectivity index (χ3v) is 6.86. The number of ether oxygens (including phenoxy) is 1. The number of likely N-dealkylation sites (N-methyl/N-ethyl adjacent to an activating group) is 1. The van der Waals surface area contributed by atoms with Crippen LogP contribution in [0.25, 0.3) is 5.69 Å². The molecule has 0 spiro atoms. The Morgan fingerprint density at radius 1 is 1.24 bits per heavy atom. The van der Waals surface area contributed by atoms with Crippen molar-refractivity contribution in [2.24, 2.45) is 0 Å². The van der Waals surface area contributed by atoms with Crippen LogP contribution in [0.5, 0.6) is 0 Å². The number of fused-ring (bicyclic) bond motifs is 1. The third kappa shape index (κ3) is 4.49. The monoisotopic (exact) mass is 471 g/mol. The molecule has 34 heavy (non-hydrogen) atoms. The van der Waals surface area contributed by atoms with Gasteiger partial charge in [0.1, 0.15) is 18.0 Å². The van der Waals surface area contributed by atoms with E-state index in [9.17, 15) is 19.1 Å². The van der Waals surface area contributed by atoms with E-state index >= 15 is 0 Å². The van der Waals surface area contributed by atoms with E-state index in [1.165, 1.54) is 12.1 Å². The van der Waals surface area contributed by atoms with E-state index < -0.39 is 18.2 Å². The van der Waals surface area contributed by atoms with Gasteiger partial charge in [-0.1, -0.05) is 19.8 Å². The molecule has 0 radical (unpaired) electrons. The first-order valence-electron chi connectivity index (χ1n) is 12.1. The molecule has 1 aromatic carbocycles. The van der Waals surface area contributed by atoms with E-state index in [0.29, 0.717) is 29.8 Å². The zero-order chi connectivity index (χ0) is 24.6. The second-order valence-electron chi connectivity index (χ2n) is 9.53. The molecule has 1 amide bonds. The van der Waals surface area contributed by atoms with Gasteiger partial charge in [0.15, 0.2) is 0 Å². The number of aliphatic hydroxyl groups is 1. The number of aliphatic hydroxyl groups excluding tert-OH is 1. The van der Waals surface area contributed by atoms with E-state index in [2.05, 4.69) is 5.32 Å². The Labute approximate surface area is 199 Å².